The molecule has 39 heavy (non-hydrogen) atoms. The predicted octanol–water partition coefficient (Wildman–Crippen LogP) is 7.66. The van der Waals surface area contributed by atoms with E-state index in [0.717, 1.165) is 6.20 Å². The second kappa shape index (κ2) is 11.0. The average Bonchev–Trinajstić information content (AvgIpc) is 3.35. The van der Waals surface area contributed by atoms with E-state index < -0.39 is 35.1 Å². The van der Waals surface area contributed by atoms with Gasteiger partial charge < -0.3 is 9.47 Å². The molecular formula is C27H19BrF5N3O3. The molecule has 0 saturated carbocycles. The summed E-state index contributed by atoms with van der Waals surface area (Å²) in [5.41, 5.74) is -2.35. The van der Waals surface area contributed by atoms with E-state index in [-0.39, 0.29) is 35.0 Å². The van der Waals surface area contributed by atoms with Crippen LogP contribution < -0.4 is 4.74 Å². The molecule has 4 aromatic rings. The number of hydrogen-bond donors (Lipinski definition) is 0. The number of halogens is 6. The van der Waals surface area contributed by atoms with Crippen LogP contribution in [0.3, 0.4) is 0 Å². The Hall–Kier alpha value is -4.06. The van der Waals surface area contributed by atoms with Crippen LogP contribution in [0.25, 0.3) is 23.2 Å². The quantitative estimate of drug-likeness (QED) is 0.152. The Bertz CT molecular complexity index is 1540. The monoisotopic (exact) mass is 607 g/mol. The first kappa shape index (κ1) is 28.0. The summed E-state index contributed by atoms with van der Waals surface area (Å²) in [5.74, 6) is -1.77. The molecule has 0 aliphatic carbocycles. The van der Waals surface area contributed by atoms with Crippen LogP contribution in [0.5, 0.6) is 5.75 Å². The van der Waals surface area contributed by atoms with Crippen molar-refractivity contribution in [3.8, 4) is 22.8 Å². The molecule has 0 aliphatic rings. The normalized spacial score (nSPS) is 11.8. The van der Waals surface area contributed by atoms with Crippen molar-refractivity contribution in [3.63, 3.8) is 0 Å². The van der Waals surface area contributed by atoms with E-state index in [2.05, 4.69) is 32.6 Å². The fraction of sp³-hybridized carbons (Fsp3) is 0.148. The van der Waals surface area contributed by atoms with Gasteiger partial charge in [0, 0.05) is 10.0 Å². The van der Waals surface area contributed by atoms with Gasteiger partial charge in [0.2, 0.25) is 0 Å². The molecule has 2 aromatic heterocycles. The van der Waals surface area contributed by atoms with Crippen molar-refractivity contribution in [2.75, 3.05) is 6.61 Å². The number of ether oxygens (including phenoxy) is 2. The van der Waals surface area contributed by atoms with Crippen molar-refractivity contribution in [1.29, 1.82) is 0 Å². The highest BCUT2D eigenvalue weighted by Crippen LogP contribution is 2.39. The number of para-hydroxylation sites is 1. The van der Waals surface area contributed by atoms with Gasteiger partial charge in [-0.3, -0.25) is 0 Å². The summed E-state index contributed by atoms with van der Waals surface area (Å²) >= 11 is 3.23. The van der Waals surface area contributed by atoms with E-state index in [1.165, 1.54) is 73.7 Å². The molecule has 0 fully saturated rings. The molecule has 4 rings (SSSR count). The largest absolute Gasteiger partial charge is 0.462 e. The third-order valence-electron chi connectivity index (χ3n) is 5.43. The van der Waals surface area contributed by atoms with Gasteiger partial charge in [-0.1, -0.05) is 46.8 Å². The van der Waals surface area contributed by atoms with Crippen LogP contribution in [0.15, 0.2) is 77.9 Å². The summed E-state index contributed by atoms with van der Waals surface area (Å²) in [6, 6.07) is 13.9. The van der Waals surface area contributed by atoms with Crippen molar-refractivity contribution >= 4 is 28.0 Å². The van der Waals surface area contributed by atoms with Crippen LogP contribution in [0.1, 0.15) is 34.1 Å². The van der Waals surface area contributed by atoms with E-state index in [0.29, 0.717) is 9.15 Å². The Labute approximate surface area is 227 Å². The summed E-state index contributed by atoms with van der Waals surface area (Å²) in [6.45, 7) is 4.89. The second-order valence-electron chi connectivity index (χ2n) is 7.97. The number of aromatic nitrogens is 3. The number of carbonyl (C=O) groups excluding carboxylic acids is 1. The summed E-state index contributed by atoms with van der Waals surface area (Å²) in [7, 11) is 0. The first-order valence-corrected chi connectivity index (χ1v) is 12.1. The fourth-order valence-electron chi connectivity index (χ4n) is 3.77. The highest BCUT2D eigenvalue weighted by atomic mass is 79.9. The summed E-state index contributed by atoms with van der Waals surface area (Å²) in [4.78, 5) is 16.3. The van der Waals surface area contributed by atoms with Gasteiger partial charge in [-0.15, -0.1) is 0 Å². The minimum Gasteiger partial charge on any atom is -0.462 e. The van der Waals surface area contributed by atoms with Crippen molar-refractivity contribution in [2.45, 2.75) is 19.2 Å². The van der Waals surface area contributed by atoms with Gasteiger partial charge >= 0.3 is 18.3 Å². The Kier molecular flexibility index (Phi) is 7.86. The molecule has 2 aromatic carbocycles. The van der Waals surface area contributed by atoms with Gasteiger partial charge in [-0.25, -0.2) is 14.5 Å². The first-order valence-electron chi connectivity index (χ1n) is 11.3. The minimum absolute atomic E-state index is 0.0277. The van der Waals surface area contributed by atoms with Crippen LogP contribution in [0, 0.1) is 0 Å². The molecule has 6 nitrogen and oxygen atoms in total. The number of pyridine rings is 1. The lowest BCUT2D eigenvalue weighted by molar-refractivity contribution is -0.185. The Balaban J connectivity index is 1.77. The molecule has 0 N–H and O–H groups in total. The highest BCUT2D eigenvalue weighted by Gasteiger charge is 2.41. The highest BCUT2D eigenvalue weighted by molar-refractivity contribution is 9.10. The van der Waals surface area contributed by atoms with Crippen molar-refractivity contribution in [1.82, 2.24) is 14.8 Å². The smallest absolute Gasteiger partial charge is 0.434 e. The molecule has 0 atom stereocenters. The zero-order chi connectivity index (χ0) is 28.4. The van der Waals surface area contributed by atoms with Gasteiger partial charge in [0.1, 0.15) is 11.3 Å². The molecule has 0 saturated heterocycles. The number of carbonyl (C=O) groups is 1. The van der Waals surface area contributed by atoms with E-state index in [1.807, 2.05) is 0 Å². The molecular weight excluding hydrogens is 589 g/mol. The number of benzene rings is 2. The molecule has 0 amide bonds. The van der Waals surface area contributed by atoms with Crippen LogP contribution in [-0.4, -0.2) is 27.3 Å². The summed E-state index contributed by atoms with van der Waals surface area (Å²) < 4.78 is 83.3. The maximum atomic E-state index is 15.3. The molecule has 0 spiro atoms. The maximum Gasteiger partial charge on any atom is 0.434 e. The van der Waals surface area contributed by atoms with Gasteiger partial charge in [0.05, 0.1) is 24.1 Å². The molecule has 0 radical (unpaired) electrons. The number of rotatable bonds is 8. The molecule has 12 heteroatoms. The minimum atomic E-state index is -4.98. The maximum absolute atomic E-state index is 15.3. The molecule has 202 valence electrons. The number of nitrogens with zero attached hydrogens (tertiary/aromatic N) is 3. The lowest BCUT2D eigenvalue weighted by atomic mass is 10.1. The Morgan fingerprint density at radius 2 is 1.82 bits per heavy atom. The lowest BCUT2D eigenvalue weighted by Crippen LogP contribution is -2.23. The Morgan fingerprint density at radius 3 is 2.51 bits per heavy atom. The zero-order valence-electron chi connectivity index (χ0n) is 20.2. The standard InChI is InChI=1S/C27H19BrF5N3O3/c1-3-16-14-17(28)12-13-20(16)27(32,33)39-22-10-6-5-8-18(22)21-9-7-11-23(35-21)36-24(26(29,30)31)19(15-34-36)25(37)38-4-2/h3,5-15H,1,4H2,2H3. The zero-order valence-corrected chi connectivity index (χ0v) is 21.8. The lowest BCUT2D eigenvalue weighted by Gasteiger charge is -2.22. The summed E-state index contributed by atoms with van der Waals surface area (Å²) in [5, 5.41) is 3.71. The first-order chi connectivity index (χ1) is 18.5. The molecule has 0 unspecified atom stereocenters. The third-order valence-corrected chi connectivity index (χ3v) is 5.93. The van der Waals surface area contributed by atoms with Crippen molar-refractivity contribution in [2.24, 2.45) is 0 Å². The van der Waals surface area contributed by atoms with Crippen LogP contribution in [0.2, 0.25) is 0 Å². The van der Waals surface area contributed by atoms with Crippen LogP contribution in [-0.2, 0) is 17.0 Å². The number of alkyl halides is 5. The van der Waals surface area contributed by atoms with Gasteiger partial charge in [-0.05, 0) is 55.0 Å². The van der Waals surface area contributed by atoms with Gasteiger partial charge in [-0.2, -0.15) is 27.1 Å². The SMILES string of the molecule is C=Cc1cc(Br)ccc1C(F)(F)Oc1ccccc1-c1cccc(-n2ncc(C(=O)OCC)c2C(F)(F)F)n1. The van der Waals surface area contributed by atoms with E-state index in [9.17, 15) is 18.0 Å². The average molecular weight is 608 g/mol. The molecule has 2 heterocycles. The van der Waals surface area contributed by atoms with E-state index in [1.54, 1.807) is 0 Å². The predicted molar refractivity (Wildman–Crippen MR) is 137 cm³/mol. The van der Waals surface area contributed by atoms with Crippen molar-refractivity contribution < 1.29 is 36.2 Å². The number of esters is 1. The second-order valence-corrected chi connectivity index (χ2v) is 8.88. The van der Waals surface area contributed by atoms with Crippen LogP contribution in [0.4, 0.5) is 22.0 Å². The van der Waals surface area contributed by atoms with Gasteiger partial charge in [0.25, 0.3) is 0 Å². The van der Waals surface area contributed by atoms with Crippen molar-refractivity contribution in [3.05, 3.63) is 100 Å². The van der Waals surface area contributed by atoms with E-state index in [4.69, 9.17) is 9.47 Å². The fourth-order valence-corrected chi connectivity index (χ4v) is 4.15. The Morgan fingerprint density at radius 1 is 1.08 bits per heavy atom. The van der Waals surface area contributed by atoms with E-state index >= 15 is 8.78 Å². The summed E-state index contributed by atoms with van der Waals surface area (Å²) in [6.07, 6.45) is -6.77. The molecule has 0 bridgehead atoms. The van der Waals surface area contributed by atoms with Gasteiger partial charge in [0.15, 0.2) is 11.5 Å². The topological polar surface area (TPSA) is 66.2 Å². The third kappa shape index (κ3) is 5.85. The van der Waals surface area contributed by atoms with Crippen LogP contribution >= 0.6 is 15.9 Å². The molecule has 0 aliphatic heterocycles. The number of hydrogen-bond acceptors (Lipinski definition) is 5.